The average Bonchev–Trinajstić information content (AvgIpc) is 2.41. The molecule has 0 fully saturated rings. The van der Waals surface area contributed by atoms with Crippen molar-refractivity contribution in [2.45, 2.75) is 40.0 Å². The van der Waals surface area contributed by atoms with Crippen LogP contribution in [-0.4, -0.2) is 16.5 Å². The molecule has 0 saturated carbocycles. The van der Waals surface area contributed by atoms with Crippen molar-refractivity contribution in [1.82, 2.24) is 9.97 Å². The van der Waals surface area contributed by atoms with E-state index in [1.54, 1.807) is 0 Å². The van der Waals surface area contributed by atoms with E-state index in [0.29, 0.717) is 5.02 Å². The second kappa shape index (κ2) is 6.02. The number of hydrogen-bond donors (Lipinski definition) is 1. The van der Waals surface area contributed by atoms with Crippen LogP contribution in [0.4, 0.5) is 5.82 Å². The monoisotopic (exact) mass is 303 g/mol. The molecule has 0 aliphatic rings. The first-order chi connectivity index (χ1) is 9.84. The van der Waals surface area contributed by atoms with Gasteiger partial charge in [0.15, 0.2) is 0 Å². The van der Waals surface area contributed by atoms with E-state index in [0.717, 1.165) is 35.0 Å². The van der Waals surface area contributed by atoms with Crippen LogP contribution in [0, 0.1) is 6.92 Å². The summed E-state index contributed by atoms with van der Waals surface area (Å²) in [5.41, 5.74) is 2.76. The van der Waals surface area contributed by atoms with Gasteiger partial charge < -0.3 is 5.32 Å². The van der Waals surface area contributed by atoms with Crippen molar-refractivity contribution in [3.63, 3.8) is 0 Å². The van der Waals surface area contributed by atoms with E-state index in [4.69, 9.17) is 16.6 Å². The van der Waals surface area contributed by atoms with Crippen LogP contribution in [0.2, 0.25) is 5.02 Å². The third-order valence-corrected chi connectivity index (χ3v) is 3.62. The van der Waals surface area contributed by atoms with Crippen molar-refractivity contribution >= 4 is 17.4 Å². The molecule has 0 atom stereocenters. The normalized spacial score (nSPS) is 11.5. The Morgan fingerprint density at radius 1 is 1.14 bits per heavy atom. The van der Waals surface area contributed by atoms with Gasteiger partial charge in [0.25, 0.3) is 0 Å². The molecular formula is C17H22ClN3. The summed E-state index contributed by atoms with van der Waals surface area (Å²) in [6, 6.07) is 7.80. The molecule has 0 aliphatic carbocycles. The van der Waals surface area contributed by atoms with Gasteiger partial charge in [-0.1, -0.05) is 50.6 Å². The summed E-state index contributed by atoms with van der Waals surface area (Å²) >= 11 is 6.35. The molecule has 0 spiro atoms. The molecule has 1 N–H and O–H groups in total. The molecule has 0 saturated heterocycles. The largest absolute Gasteiger partial charge is 0.370 e. The maximum atomic E-state index is 6.35. The Morgan fingerprint density at radius 3 is 2.38 bits per heavy atom. The lowest BCUT2D eigenvalue weighted by Crippen LogP contribution is -2.19. The number of benzene rings is 1. The predicted octanol–water partition coefficient (Wildman–Crippen LogP) is 4.83. The lowest BCUT2D eigenvalue weighted by atomic mass is 9.94. The van der Waals surface area contributed by atoms with Crippen LogP contribution >= 0.6 is 11.6 Å². The molecule has 2 rings (SSSR count). The summed E-state index contributed by atoms with van der Waals surface area (Å²) in [6.07, 6.45) is 0. The van der Waals surface area contributed by atoms with Gasteiger partial charge in [-0.3, -0.25) is 0 Å². The Balaban J connectivity index is 2.70. The lowest BCUT2D eigenvalue weighted by molar-refractivity contribution is 0.546. The summed E-state index contributed by atoms with van der Waals surface area (Å²) in [6.45, 7) is 11.3. The maximum Gasteiger partial charge on any atom is 0.136 e. The minimum Gasteiger partial charge on any atom is -0.370 e. The minimum atomic E-state index is -0.117. The molecule has 3 nitrogen and oxygen atoms in total. The van der Waals surface area contributed by atoms with E-state index >= 15 is 0 Å². The van der Waals surface area contributed by atoms with Gasteiger partial charge in [-0.05, 0) is 19.9 Å². The van der Waals surface area contributed by atoms with E-state index in [1.165, 1.54) is 0 Å². The molecule has 4 heteroatoms. The smallest absolute Gasteiger partial charge is 0.136 e. The van der Waals surface area contributed by atoms with Gasteiger partial charge in [-0.2, -0.15) is 0 Å². The van der Waals surface area contributed by atoms with Crippen LogP contribution in [0.3, 0.4) is 0 Å². The van der Waals surface area contributed by atoms with Crippen LogP contribution in [0.5, 0.6) is 0 Å². The number of nitrogens with one attached hydrogen (secondary N) is 1. The fourth-order valence-electron chi connectivity index (χ4n) is 2.11. The van der Waals surface area contributed by atoms with E-state index < -0.39 is 0 Å². The Bertz CT molecular complexity index is 645. The summed E-state index contributed by atoms with van der Waals surface area (Å²) in [4.78, 5) is 9.47. The molecule has 0 radical (unpaired) electrons. The Hall–Kier alpha value is -1.61. The van der Waals surface area contributed by atoms with Crippen molar-refractivity contribution in [1.29, 1.82) is 0 Å². The number of rotatable bonds is 3. The quantitative estimate of drug-likeness (QED) is 0.882. The van der Waals surface area contributed by atoms with Crippen molar-refractivity contribution in [3.05, 3.63) is 40.7 Å². The lowest BCUT2D eigenvalue weighted by Gasteiger charge is -2.21. The molecule has 1 heterocycles. The highest BCUT2D eigenvalue weighted by Gasteiger charge is 2.22. The van der Waals surface area contributed by atoms with Gasteiger partial charge in [0, 0.05) is 28.1 Å². The number of hydrogen-bond acceptors (Lipinski definition) is 3. The van der Waals surface area contributed by atoms with Crippen LogP contribution in [-0.2, 0) is 5.41 Å². The second-order valence-electron chi connectivity index (χ2n) is 6.13. The zero-order chi connectivity index (χ0) is 15.6. The highest BCUT2D eigenvalue weighted by molar-refractivity contribution is 6.33. The van der Waals surface area contributed by atoms with Crippen molar-refractivity contribution in [2.75, 3.05) is 11.9 Å². The molecule has 0 unspecified atom stereocenters. The molecule has 0 bridgehead atoms. The van der Waals surface area contributed by atoms with Crippen molar-refractivity contribution < 1.29 is 0 Å². The third kappa shape index (κ3) is 3.35. The summed E-state index contributed by atoms with van der Waals surface area (Å²) in [5.74, 6) is 1.70. The number of aromatic nitrogens is 2. The number of nitrogens with zero attached hydrogens (tertiary/aromatic N) is 2. The van der Waals surface area contributed by atoms with Crippen LogP contribution in [0.1, 0.15) is 39.1 Å². The Kier molecular flexibility index (Phi) is 4.52. The van der Waals surface area contributed by atoms with Gasteiger partial charge >= 0.3 is 0 Å². The minimum absolute atomic E-state index is 0.117. The average molecular weight is 304 g/mol. The second-order valence-corrected chi connectivity index (χ2v) is 6.54. The summed E-state index contributed by atoms with van der Waals surface area (Å²) in [7, 11) is 0. The first kappa shape index (κ1) is 15.8. The van der Waals surface area contributed by atoms with Gasteiger partial charge in [0.05, 0.1) is 5.69 Å². The zero-order valence-corrected chi connectivity index (χ0v) is 14.0. The molecule has 1 aromatic heterocycles. The van der Waals surface area contributed by atoms with E-state index in [2.05, 4.69) is 38.0 Å². The predicted molar refractivity (Wildman–Crippen MR) is 90.1 cm³/mol. The van der Waals surface area contributed by atoms with Gasteiger partial charge in [0.1, 0.15) is 11.6 Å². The first-order valence-corrected chi connectivity index (χ1v) is 7.60. The highest BCUT2D eigenvalue weighted by Crippen LogP contribution is 2.33. The van der Waals surface area contributed by atoms with Crippen LogP contribution in [0.15, 0.2) is 24.3 Å². The molecule has 21 heavy (non-hydrogen) atoms. The van der Waals surface area contributed by atoms with E-state index in [-0.39, 0.29) is 5.41 Å². The maximum absolute atomic E-state index is 6.35. The Morgan fingerprint density at radius 2 is 1.81 bits per heavy atom. The molecule has 1 aromatic carbocycles. The van der Waals surface area contributed by atoms with Crippen molar-refractivity contribution in [3.8, 4) is 11.3 Å². The molecule has 0 amide bonds. The van der Waals surface area contributed by atoms with Crippen molar-refractivity contribution in [2.24, 2.45) is 0 Å². The molecule has 112 valence electrons. The van der Waals surface area contributed by atoms with Crippen LogP contribution < -0.4 is 5.32 Å². The van der Waals surface area contributed by atoms with Gasteiger partial charge in [0.2, 0.25) is 0 Å². The number of anilines is 1. The SMILES string of the molecule is CCNc1nc(C(C)(C)C)nc(-c2ccccc2Cl)c1C. The Labute approximate surface area is 131 Å². The molecule has 2 aromatic rings. The van der Waals surface area contributed by atoms with E-state index in [1.807, 2.05) is 31.2 Å². The zero-order valence-electron chi connectivity index (χ0n) is 13.3. The number of halogens is 1. The van der Waals surface area contributed by atoms with E-state index in [9.17, 15) is 0 Å². The van der Waals surface area contributed by atoms with Gasteiger partial charge in [-0.25, -0.2) is 9.97 Å². The molecular weight excluding hydrogens is 282 g/mol. The third-order valence-electron chi connectivity index (χ3n) is 3.29. The standard InChI is InChI=1S/C17H22ClN3/c1-6-19-15-11(2)14(12-9-7-8-10-13(12)18)20-16(21-15)17(3,4)5/h7-10H,6H2,1-5H3,(H,19,20,21). The summed E-state index contributed by atoms with van der Waals surface area (Å²) in [5, 5.41) is 4.03. The summed E-state index contributed by atoms with van der Waals surface area (Å²) < 4.78 is 0. The van der Waals surface area contributed by atoms with Gasteiger partial charge in [-0.15, -0.1) is 0 Å². The fourth-order valence-corrected chi connectivity index (χ4v) is 2.33. The van der Waals surface area contributed by atoms with Crippen LogP contribution in [0.25, 0.3) is 11.3 Å². The molecule has 0 aliphatic heterocycles. The highest BCUT2D eigenvalue weighted by atomic mass is 35.5. The fraction of sp³-hybridized carbons (Fsp3) is 0.412. The first-order valence-electron chi connectivity index (χ1n) is 7.22. The topological polar surface area (TPSA) is 37.8 Å².